The number of fused-ring (bicyclic) bond motifs is 2. The van der Waals surface area contributed by atoms with Gasteiger partial charge in [0.2, 0.25) is 0 Å². The number of carbonyl (C=O) groups is 2. The molecule has 1 aliphatic carbocycles. The molecule has 31 heavy (non-hydrogen) atoms. The molecular formula is C20H28F3N5O3. The first kappa shape index (κ1) is 23.2. The molecule has 1 N–H and O–H groups in total. The highest BCUT2D eigenvalue weighted by Crippen LogP contribution is 2.50. The molecule has 3 heterocycles. The van der Waals surface area contributed by atoms with Crippen molar-refractivity contribution in [1.29, 1.82) is 0 Å². The summed E-state index contributed by atoms with van der Waals surface area (Å²) in [6.45, 7) is 7.87. The zero-order valence-electron chi connectivity index (χ0n) is 17.9. The van der Waals surface area contributed by atoms with Gasteiger partial charge in [-0.2, -0.15) is 18.3 Å². The van der Waals surface area contributed by atoms with Crippen molar-refractivity contribution in [1.82, 2.24) is 19.6 Å². The molecule has 0 bridgehead atoms. The predicted octanol–water partition coefficient (Wildman–Crippen LogP) is 2.30. The molecule has 1 saturated carbocycles. The Morgan fingerprint density at radius 2 is 2.00 bits per heavy atom. The summed E-state index contributed by atoms with van der Waals surface area (Å²) in [4.78, 5) is 31.4. The largest absolute Gasteiger partial charge is 0.490 e. The van der Waals surface area contributed by atoms with Crippen LogP contribution in [0.2, 0.25) is 0 Å². The minimum absolute atomic E-state index is 0.262. The Labute approximate surface area is 178 Å². The molecule has 1 aromatic rings. The molecule has 11 heteroatoms. The van der Waals surface area contributed by atoms with Crippen LogP contribution < -0.4 is 0 Å². The lowest BCUT2D eigenvalue weighted by Gasteiger charge is -2.27. The Kier molecular flexibility index (Phi) is 6.45. The van der Waals surface area contributed by atoms with Gasteiger partial charge in [0.1, 0.15) is 11.4 Å². The Bertz CT molecular complexity index is 868. The number of likely N-dealkylation sites (N-methyl/N-ethyl adjacent to an activating group) is 1. The summed E-state index contributed by atoms with van der Waals surface area (Å²) >= 11 is 0. The first-order valence-corrected chi connectivity index (χ1v) is 10.4. The van der Waals surface area contributed by atoms with Gasteiger partial charge in [0, 0.05) is 57.3 Å². The minimum atomic E-state index is -5.08. The third-order valence-corrected chi connectivity index (χ3v) is 6.32. The normalized spacial score (nSPS) is 28.0. The second-order valence-corrected chi connectivity index (χ2v) is 8.28. The number of aryl methyl sites for hydroxylation is 1. The number of nitrogens with zero attached hydrogens (tertiary/aromatic N) is 5. The number of carboxylic acids is 1. The van der Waals surface area contributed by atoms with Gasteiger partial charge in [-0.1, -0.05) is 6.92 Å². The number of amides is 1. The van der Waals surface area contributed by atoms with E-state index in [0.717, 1.165) is 51.3 Å². The Hall–Kier alpha value is -2.43. The molecule has 0 radical (unpaired) electrons. The standard InChI is InChI=1S/C18H27N5O.C2HF3O2/c1-4-16-20-18(17(24)23(16)5-2)7-6-14-11-22(12-15(14)18)10-13-8-19-21(3)9-13;3-2(4,5)1(6)7/h8-9,14-15H,4-7,10-12H2,1-3H3;(H,6,7)/t14-,15+,18-;/m1./s1. The van der Waals surface area contributed by atoms with Gasteiger partial charge in [-0.3, -0.25) is 24.3 Å². The number of likely N-dealkylation sites (tertiary alicyclic amines) is 1. The van der Waals surface area contributed by atoms with Crippen molar-refractivity contribution in [2.45, 2.75) is 51.4 Å². The summed E-state index contributed by atoms with van der Waals surface area (Å²) in [7, 11) is 1.95. The van der Waals surface area contributed by atoms with Gasteiger partial charge in [-0.15, -0.1) is 0 Å². The van der Waals surface area contributed by atoms with Crippen molar-refractivity contribution >= 4 is 17.7 Å². The van der Waals surface area contributed by atoms with Crippen molar-refractivity contribution in [2.24, 2.45) is 23.9 Å². The summed E-state index contributed by atoms with van der Waals surface area (Å²) in [6.07, 6.45) is 1.84. The second kappa shape index (κ2) is 8.60. The molecule has 172 valence electrons. The van der Waals surface area contributed by atoms with E-state index in [1.165, 1.54) is 5.56 Å². The number of hydrogen-bond donors (Lipinski definition) is 1. The summed E-state index contributed by atoms with van der Waals surface area (Å²) < 4.78 is 33.6. The van der Waals surface area contributed by atoms with Crippen LogP contribution in [0.25, 0.3) is 0 Å². The maximum absolute atomic E-state index is 13.1. The van der Waals surface area contributed by atoms with Crippen molar-refractivity contribution in [3.05, 3.63) is 18.0 Å². The van der Waals surface area contributed by atoms with Crippen molar-refractivity contribution in [2.75, 3.05) is 19.6 Å². The molecule has 3 aliphatic rings. The van der Waals surface area contributed by atoms with Crippen LogP contribution in [-0.2, 0) is 23.2 Å². The number of halogens is 3. The van der Waals surface area contributed by atoms with Gasteiger partial charge in [0.15, 0.2) is 0 Å². The molecule has 0 unspecified atom stereocenters. The van der Waals surface area contributed by atoms with E-state index in [0.29, 0.717) is 11.8 Å². The zero-order valence-corrected chi connectivity index (χ0v) is 17.9. The Balaban J connectivity index is 0.000000339. The van der Waals surface area contributed by atoms with Gasteiger partial charge in [0.25, 0.3) is 5.91 Å². The lowest BCUT2D eigenvalue weighted by Crippen LogP contribution is -2.46. The first-order chi connectivity index (χ1) is 14.5. The number of rotatable bonds is 4. The number of alkyl halides is 3. The van der Waals surface area contributed by atoms with Gasteiger partial charge < -0.3 is 5.11 Å². The monoisotopic (exact) mass is 443 g/mol. The molecule has 1 spiro atoms. The van der Waals surface area contributed by atoms with Crippen molar-refractivity contribution in [3.8, 4) is 0 Å². The summed E-state index contributed by atoms with van der Waals surface area (Å²) in [5, 5.41) is 11.4. The van der Waals surface area contributed by atoms with Crippen LogP contribution in [0.1, 0.15) is 38.7 Å². The van der Waals surface area contributed by atoms with Crippen molar-refractivity contribution in [3.63, 3.8) is 0 Å². The van der Waals surface area contributed by atoms with Crippen LogP contribution in [-0.4, -0.2) is 73.7 Å². The molecular weight excluding hydrogens is 415 g/mol. The number of carboxylic acid groups (broad SMARTS) is 1. The highest BCUT2D eigenvalue weighted by atomic mass is 19.4. The van der Waals surface area contributed by atoms with E-state index in [1.54, 1.807) is 0 Å². The van der Waals surface area contributed by atoms with E-state index in [9.17, 15) is 18.0 Å². The van der Waals surface area contributed by atoms with Crippen LogP contribution >= 0.6 is 0 Å². The fraction of sp³-hybridized carbons (Fsp3) is 0.700. The van der Waals surface area contributed by atoms with Gasteiger partial charge in [0.05, 0.1) is 6.20 Å². The first-order valence-electron chi connectivity index (χ1n) is 10.4. The van der Waals surface area contributed by atoms with E-state index in [1.807, 2.05) is 22.8 Å². The molecule has 2 aliphatic heterocycles. The lowest BCUT2D eigenvalue weighted by molar-refractivity contribution is -0.192. The number of aromatic nitrogens is 2. The fourth-order valence-electron chi connectivity index (χ4n) is 5.02. The van der Waals surface area contributed by atoms with Crippen LogP contribution in [0.3, 0.4) is 0 Å². The van der Waals surface area contributed by atoms with E-state index in [2.05, 4.69) is 30.0 Å². The molecule has 1 amide bonds. The van der Waals surface area contributed by atoms with E-state index in [4.69, 9.17) is 14.9 Å². The number of aliphatic imine (C=N–C) groups is 1. The number of amidine groups is 1. The molecule has 2 fully saturated rings. The third kappa shape index (κ3) is 4.46. The topological polar surface area (TPSA) is 91.0 Å². The van der Waals surface area contributed by atoms with Crippen LogP contribution in [0.4, 0.5) is 13.2 Å². The predicted molar refractivity (Wildman–Crippen MR) is 106 cm³/mol. The SMILES string of the molecule is CCC1=N[C@@]2(CC[C@@H]3CN(Cc4cnn(C)c4)C[C@@H]32)C(=O)N1CC.O=C(O)C(F)(F)F. The average molecular weight is 443 g/mol. The van der Waals surface area contributed by atoms with Crippen LogP contribution in [0.15, 0.2) is 17.4 Å². The number of hydrogen-bond acceptors (Lipinski definition) is 5. The van der Waals surface area contributed by atoms with Gasteiger partial charge in [-0.05, 0) is 25.7 Å². The van der Waals surface area contributed by atoms with E-state index < -0.39 is 17.7 Å². The van der Waals surface area contributed by atoms with Crippen molar-refractivity contribution < 1.29 is 27.9 Å². The molecule has 3 atom stereocenters. The quantitative estimate of drug-likeness (QED) is 0.771. The van der Waals surface area contributed by atoms with Gasteiger partial charge in [-0.25, -0.2) is 4.79 Å². The minimum Gasteiger partial charge on any atom is -0.475 e. The Morgan fingerprint density at radius 3 is 2.48 bits per heavy atom. The molecule has 0 aromatic carbocycles. The van der Waals surface area contributed by atoms with Gasteiger partial charge >= 0.3 is 12.1 Å². The third-order valence-electron chi connectivity index (χ3n) is 6.32. The maximum atomic E-state index is 13.1. The smallest absolute Gasteiger partial charge is 0.475 e. The highest BCUT2D eigenvalue weighted by Gasteiger charge is 2.60. The maximum Gasteiger partial charge on any atom is 0.490 e. The summed E-state index contributed by atoms with van der Waals surface area (Å²) in [5.41, 5.74) is 0.785. The Morgan fingerprint density at radius 1 is 1.32 bits per heavy atom. The molecule has 8 nitrogen and oxygen atoms in total. The molecule has 4 rings (SSSR count). The number of aliphatic carboxylic acids is 1. The average Bonchev–Trinajstić information content (AvgIpc) is 3.42. The molecule has 1 aromatic heterocycles. The van der Waals surface area contributed by atoms with Crippen LogP contribution in [0, 0.1) is 11.8 Å². The lowest BCUT2D eigenvalue weighted by atomic mass is 9.85. The van der Waals surface area contributed by atoms with E-state index in [-0.39, 0.29) is 5.91 Å². The molecule has 1 saturated heterocycles. The fourth-order valence-corrected chi connectivity index (χ4v) is 5.02. The summed E-state index contributed by atoms with van der Waals surface area (Å²) in [6, 6.07) is 0. The highest BCUT2D eigenvalue weighted by molar-refractivity contribution is 6.08. The van der Waals surface area contributed by atoms with Crippen LogP contribution in [0.5, 0.6) is 0 Å². The van der Waals surface area contributed by atoms with E-state index >= 15 is 0 Å². The second-order valence-electron chi connectivity index (χ2n) is 8.28. The summed E-state index contributed by atoms with van der Waals surface area (Å²) in [5.74, 6) is -0.525. The zero-order chi connectivity index (χ0) is 23.0. The number of carbonyl (C=O) groups excluding carboxylic acids is 1.